The molecule has 1 N–H and O–H groups in total. The maximum absolute atomic E-state index is 12.0. The number of rotatable bonds is 2. The summed E-state index contributed by atoms with van der Waals surface area (Å²) in [5.41, 5.74) is -1.24. The minimum atomic E-state index is -1.37. The lowest BCUT2D eigenvalue weighted by molar-refractivity contribution is -0.214. The monoisotopic (exact) mass is 219 g/mol. The zero-order chi connectivity index (χ0) is 12.0. The number of hydrogen-bond donors (Lipinski definition) is 1. The Morgan fingerprint density at radius 1 is 1.25 bits per heavy atom. The number of amides is 1. The van der Waals surface area contributed by atoms with Gasteiger partial charge < -0.3 is 10.0 Å². The maximum Gasteiger partial charge on any atom is 0.262 e. The number of benzene rings is 1. The van der Waals surface area contributed by atoms with Crippen LogP contribution in [0.2, 0.25) is 0 Å². The van der Waals surface area contributed by atoms with E-state index in [1.165, 1.54) is 0 Å². The lowest BCUT2D eigenvalue weighted by Crippen LogP contribution is -2.77. The number of aliphatic hydroxyl groups is 1. The number of nitrogens with zero attached hydrogens (tertiary/aromatic N) is 1. The third kappa shape index (κ3) is 1.09. The molecule has 1 aromatic rings. The Morgan fingerprint density at radius 2 is 1.81 bits per heavy atom. The topological polar surface area (TPSA) is 40.5 Å². The van der Waals surface area contributed by atoms with Crippen LogP contribution in [-0.2, 0) is 10.4 Å². The highest BCUT2D eigenvalue weighted by atomic mass is 16.3. The Labute approximate surface area is 95.7 Å². The highest BCUT2D eigenvalue weighted by Gasteiger charge is 2.65. The van der Waals surface area contributed by atoms with E-state index in [0.717, 1.165) is 0 Å². The third-order valence-electron chi connectivity index (χ3n) is 3.62. The molecule has 0 saturated carbocycles. The van der Waals surface area contributed by atoms with Crippen LogP contribution in [-0.4, -0.2) is 28.0 Å². The lowest BCUT2D eigenvalue weighted by atomic mass is 9.67. The van der Waals surface area contributed by atoms with E-state index >= 15 is 0 Å². The summed E-state index contributed by atoms with van der Waals surface area (Å²) >= 11 is 0. The predicted molar refractivity (Wildman–Crippen MR) is 61.8 cm³/mol. The summed E-state index contributed by atoms with van der Waals surface area (Å²) in [4.78, 5) is 13.7. The Kier molecular flexibility index (Phi) is 2.31. The largest absolute Gasteiger partial charge is 0.374 e. The highest BCUT2D eigenvalue weighted by molar-refractivity contribution is 5.95. The molecule has 1 aliphatic heterocycles. The molecule has 3 nitrogen and oxygen atoms in total. The van der Waals surface area contributed by atoms with E-state index in [1.807, 2.05) is 39.0 Å². The molecule has 1 atom stereocenters. The summed E-state index contributed by atoms with van der Waals surface area (Å²) in [6.07, 6.45) is 0. The molecule has 1 aliphatic rings. The summed E-state index contributed by atoms with van der Waals surface area (Å²) in [5, 5.41) is 10.6. The first-order valence-corrected chi connectivity index (χ1v) is 5.56. The van der Waals surface area contributed by atoms with Crippen LogP contribution in [0.5, 0.6) is 0 Å². The van der Waals surface area contributed by atoms with Crippen LogP contribution in [0.1, 0.15) is 26.3 Å². The van der Waals surface area contributed by atoms with Crippen molar-refractivity contribution < 1.29 is 9.90 Å². The van der Waals surface area contributed by atoms with Crippen molar-refractivity contribution >= 4 is 5.91 Å². The van der Waals surface area contributed by atoms with Crippen LogP contribution in [0, 0.1) is 0 Å². The van der Waals surface area contributed by atoms with Gasteiger partial charge in [0.2, 0.25) is 0 Å². The van der Waals surface area contributed by atoms with Gasteiger partial charge in [-0.2, -0.15) is 0 Å². The van der Waals surface area contributed by atoms with Crippen LogP contribution in [0.25, 0.3) is 0 Å². The summed E-state index contributed by atoms with van der Waals surface area (Å²) in [6, 6.07) is 9.15. The molecule has 0 aromatic heterocycles. The summed E-state index contributed by atoms with van der Waals surface area (Å²) in [7, 11) is 0. The van der Waals surface area contributed by atoms with E-state index in [9.17, 15) is 9.90 Å². The number of carbonyl (C=O) groups is 1. The van der Waals surface area contributed by atoms with Gasteiger partial charge in [-0.05, 0) is 26.3 Å². The molecule has 16 heavy (non-hydrogen) atoms. The second-order valence-electron chi connectivity index (χ2n) is 4.68. The van der Waals surface area contributed by atoms with Crippen molar-refractivity contribution in [2.24, 2.45) is 0 Å². The number of likely N-dealkylation sites (N-methyl/N-ethyl adjacent to an activating group) is 1. The van der Waals surface area contributed by atoms with Gasteiger partial charge in [0, 0.05) is 6.54 Å². The van der Waals surface area contributed by atoms with Gasteiger partial charge in [-0.25, -0.2) is 0 Å². The quantitative estimate of drug-likeness (QED) is 0.766. The number of β-lactam (4-membered cyclic amide) rings is 1. The molecule has 0 bridgehead atoms. The van der Waals surface area contributed by atoms with E-state index < -0.39 is 11.1 Å². The third-order valence-corrected chi connectivity index (χ3v) is 3.62. The second-order valence-corrected chi connectivity index (χ2v) is 4.68. The maximum atomic E-state index is 12.0. The van der Waals surface area contributed by atoms with Crippen molar-refractivity contribution in [3.8, 4) is 0 Å². The Balaban J connectivity index is 2.45. The van der Waals surface area contributed by atoms with Gasteiger partial charge in [-0.1, -0.05) is 30.3 Å². The number of likely N-dealkylation sites (tertiary alicyclic amines) is 1. The standard InChI is InChI=1S/C13H17NO2/c1-4-14-11(15)13(16,12(14,2)3)10-8-6-5-7-9-10/h5-9,16H,4H2,1-3H3. The Bertz CT molecular complexity index is 413. The smallest absolute Gasteiger partial charge is 0.262 e. The molecule has 0 spiro atoms. The van der Waals surface area contributed by atoms with E-state index in [1.54, 1.807) is 17.0 Å². The van der Waals surface area contributed by atoms with Crippen molar-refractivity contribution in [3.05, 3.63) is 35.9 Å². The van der Waals surface area contributed by atoms with Crippen LogP contribution < -0.4 is 0 Å². The van der Waals surface area contributed by atoms with Gasteiger partial charge in [0.15, 0.2) is 5.60 Å². The molecule has 0 aliphatic carbocycles. The molecule has 1 heterocycles. The Hall–Kier alpha value is -1.35. The van der Waals surface area contributed by atoms with E-state index in [-0.39, 0.29) is 5.91 Å². The molecule has 3 heteroatoms. The zero-order valence-corrected chi connectivity index (χ0v) is 9.90. The van der Waals surface area contributed by atoms with Crippen LogP contribution >= 0.6 is 0 Å². The lowest BCUT2D eigenvalue weighted by Gasteiger charge is -2.59. The highest BCUT2D eigenvalue weighted by Crippen LogP contribution is 2.47. The molecule has 2 rings (SSSR count). The SMILES string of the molecule is CCN1C(=O)C(O)(c2ccccc2)C1(C)C. The van der Waals surface area contributed by atoms with Gasteiger partial charge in [-0.15, -0.1) is 0 Å². The molecule has 86 valence electrons. The van der Waals surface area contributed by atoms with E-state index in [0.29, 0.717) is 12.1 Å². The number of hydrogen-bond acceptors (Lipinski definition) is 2. The fourth-order valence-corrected chi connectivity index (χ4v) is 2.55. The van der Waals surface area contributed by atoms with Gasteiger partial charge in [-0.3, -0.25) is 4.79 Å². The van der Waals surface area contributed by atoms with Crippen LogP contribution in [0.4, 0.5) is 0 Å². The van der Waals surface area contributed by atoms with Gasteiger partial charge >= 0.3 is 0 Å². The first-order chi connectivity index (χ1) is 7.46. The van der Waals surface area contributed by atoms with Crippen molar-refractivity contribution in [2.75, 3.05) is 6.54 Å². The molecule has 1 fully saturated rings. The van der Waals surface area contributed by atoms with Gasteiger partial charge in [0.05, 0.1) is 5.54 Å². The average Bonchev–Trinajstić information content (AvgIpc) is 2.29. The zero-order valence-electron chi connectivity index (χ0n) is 9.90. The molecule has 1 aromatic carbocycles. The van der Waals surface area contributed by atoms with Gasteiger partial charge in [0.1, 0.15) is 0 Å². The first kappa shape index (κ1) is 11.1. The summed E-state index contributed by atoms with van der Waals surface area (Å²) in [6.45, 7) is 6.33. The van der Waals surface area contributed by atoms with Gasteiger partial charge in [0.25, 0.3) is 5.91 Å². The first-order valence-electron chi connectivity index (χ1n) is 5.56. The van der Waals surface area contributed by atoms with Crippen molar-refractivity contribution in [3.63, 3.8) is 0 Å². The number of carbonyl (C=O) groups excluding carboxylic acids is 1. The molecular formula is C13H17NO2. The fraction of sp³-hybridized carbons (Fsp3) is 0.462. The fourth-order valence-electron chi connectivity index (χ4n) is 2.55. The average molecular weight is 219 g/mol. The summed E-state index contributed by atoms with van der Waals surface area (Å²) in [5.74, 6) is -0.203. The minimum Gasteiger partial charge on any atom is -0.374 e. The predicted octanol–water partition coefficient (Wildman–Crippen LogP) is 1.51. The van der Waals surface area contributed by atoms with Crippen LogP contribution in [0.15, 0.2) is 30.3 Å². The van der Waals surface area contributed by atoms with Crippen molar-refractivity contribution in [2.45, 2.75) is 31.9 Å². The summed E-state index contributed by atoms with van der Waals surface area (Å²) < 4.78 is 0. The molecule has 1 amide bonds. The van der Waals surface area contributed by atoms with Crippen LogP contribution in [0.3, 0.4) is 0 Å². The normalized spacial score (nSPS) is 27.8. The molecule has 1 saturated heterocycles. The minimum absolute atomic E-state index is 0.203. The second kappa shape index (κ2) is 3.32. The van der Waals surface area contributed by atoms with Crippen molar-refractivity contribution in [1.82, 2.24) is 4.90 Å². The molecule has 0 radical (unpaired) electrons. The van der Waals surface area contributed by atoms with E-state index in [2.05, 4.69) is 0 Å². The molecule has 1 unspecified atom stereocenters. The van der Waals surface area contributed by atoms with Crippen molar-refractivity contribution in [1.29, 1.82) is 0 Å². The Morgan fingerprint density at radius 3 is 2.25 bits per heavy atom. The molecular weight excluding hydrogens is 202 g/mol. The van der Waals surface area contributed by atoms with E-state index in [4.69, 9.17) is 0 Å².